The standard InChI is InChI=1S/C14H24N2O/c1-5-8-16(12(3)4)11-13-7-9-17-14(13)10-15-6-2/h5,7,9,12,15H,1,6,8,10-11H2,2-4H3. The minimum Gasteiger partial charge on any atom is -0.468 e. The molecule has 0 bridgehead atoms. The third kappa shape index (κ3) is 4.36. The lowest BCUT2D eigenvalue weighted by Gasteiger charge is -2.24. The molecule has 0 aliphatic carbocycles. The number of hydrogen-bond donors (Lipinski definition) is 1. The van der Waals surface area contributed by atoms with E-state index in [1.165, 1.54) is 5.56 Å². The van der Waals surface area contributed by atoms with E-state index in [0.29, 0.717) is 6.04 Å². The molecule has 0 saturated heterocycles. The Kier molecular flexibility index (Phi) is 6.01. The molecule has 0 aliphatic rings. The summed E-state index contributed by atoms with van der Waals surface area (Å²) in [5.74, 6) is 1.04. The first-order valence-corrected chi connectivity index (χ1v) is 6.30. The van der Waals surface area contributed by atoms with Crippen molar-refractivity contribution in [3.63, 3.8) is 0 Å². The van der Waals surface area contributed by atoms with Crippen LogP contribution in [0.15, 0.2) is 29.4 Å². The molecule has 1 aromatic heterocycles. The van der Waals surface area contributed by atoms with Crippen LogP contribution in [0.25, 0.3) is 0 Å². The summed E-state index contributed by atoms with van der Waals surface area (Å²) in [5, 5.41) is 3.29. The maximum Gasteiger partial charge on any atom is 0.122 e. The third-order valence-corrected chi connectivity index (χ3v) is 2.84. The fourth-order valence-corrected chi connectivity index (χ4v) is 1.74. The van der Waals surface area contributed by atoms with E-state index in [1.807, 2.05) is 6.08 Å². The Hall–Kier alpha value is -1.06. The van der Waals surface area contributed by atoms with Gasteiger partial charge in [0.1, 0.15) is 5.76 Å². The lowest BCUT2D eigenvalue weighted by Crippen LogP contribution is -2.30. The Bertz CT molecular complexity index is 331. The predicted octanol–water partition coefficient (Wildman–Crippen LogP) is 2.79. The number of rotatable bonds is 8. The van der Waals surface area contributed by atoms with Crippen LogP contribution in [0.4, 0.5) is 0 Å². The van der Waals surface area contributed by atoms with Crippen molar-refractivity contribution < 1.29 is 4.42 Å². The number of nitrogens with zero attached hydrogens (tertiary/aromatic N) is 1. The van der Waals surface area contributed by atoms with Crippen molar-refractivity contribution in [3.8, 4) is 0 Å². The summed E-state index contributed by atoms with van der Waals surface area (Å²) in [7, 11) is 0. The molecule has 0 aromatic carbocycles. The molecule has 0 unspecified atom stereocenters. The average molecular weight is 236 g/mol. The Morgan fingerprint density at radius 1 is 1.53 bits per heavy atom. The van der Waals surface area contributed by atoms with Crippen molar-refractivity contribution in [2.75, 3.05) is 13.1 Å². The van der Waals surface area contributed by atoms with E-state index in [9.17, 15) is 0 Å². The smallest absolute Gasteiger partial charge is 0.122 e. The molecular weight excluding hydrogens is 212 g/mol. The maximum atomic E-state index is 5.51. The predicted molar refractivity (Wildman–Crippen MR) is 71.8 cm³/mol. The monoisotopic (exact) mass is 236 g/mol. The van der Waals surface area contributed by atoms with E-state index in [-0.39, 0.29) is 0 Å². The Morgan fingerprint density at radius 3 is 2.88 bits per heavy atom. The van der Waals surface area contributed by atoms with E-state index in [1.54, 1.807) is 6.26 Å². The van der Waals surface area contributed by atoms with Crippen LogP contribution >= 0.6 is 0 Å². The van der Waals surface area contributed by atoms with Gasteiger partial charge in [-0.05, 0) is 26.5 Å². The van der Waals surface area contributed by atoms with Crippen LogP contribution in [0, 0.1) is 0 Å². The molecule has 96 valence electrons. The van der Waals surface area contributed by atoms with E-state index in [2.05, 4.69) is 43.6 Å². The first-order valence-electron chi connectivity index (χ1n) is 6.30. The number of nitrogens with one attached hydrogen (secondary N) is 1. The summed E-state index contributed by atoms with van der Waals surface area (Å²) < 4.78 is 5.51. The van der Waals surface area contributed by atoms with E-state index in [0.717, 1.165) is 31.9 Å². The second kappa shape index (κ2) is 7.30. The van der Waals surface area contributed by atoms with Gasteiger partial charge < -0.3 is 9.73 Å². The van der Waals surface area contributed by atoms with Gasteiger partial charge in [0.25, 0.3) is 0 Å². The highest BCUT2D eigenvalue weighted by molar-refractivity contribution is 5.17. The first-order chi connectivity index (χ1) is 8.19. The number of furan rings is 1. The third-order valence-electron chi connectivity index (χ3n) is 2.84. The van der Waals surface area contributed by atoms with Gasteiger partial charge in [0, 0.05) is 24.7 Å². The highest BCUT2D eigenvalue weighted by Crippen LogP contribution is 2.14. The topological polar surface area (TPSA) is 28.4 Å². The van der Waals surface area contributed by atoms with Crippen LogP contribution < -0.4 is 5.32 Å². The van der Waals surface area contributed by atoms with Crippen molar-refractivity contribution in [2.45, 2.75) is 39.9 Å². The molecule has 0 spiro atoms. The molecule has 0 aliphatic heterocycles. The normalized spacial score (nSPS) is 11.4. The highest BCUT2D eigenvalue weighted by atomic mass is 16.3. The zero-order valence-corrected chi connectivity index (χ0v) is 11.2. The fourth-order valence-electron chi connectivity index (χ4n) is 1.74. The van der Waals surface area contributed by atoms with Crippen molar-refractivity contribution in [3.05, 3.63) is 36.3 Å². The van der Waals surface area contributed by atoms with E-state index < -0.39 is 0 Å². The van der Waals surface area contributed by atoms with Gasteiger partial charge in [0.2, 0.25) is 0 Å². The largest absolute Gasteiger partial charge is 0.468 e. The molecule has 1 aromatic rings. The van der Waals surface area contributed by atoms with Gasteiger partial charge >= 0.3 is 0 Å². The second-order valence-corrected chi connectivity index (χ2v) is 4.46. The maximum absolute atomic E-state index is 5.51. The van der Waals surface area contributed by atoms with Gasteiger partial charge in [-0.15, -0.1) is 6.58 Å². The molecular formula is C14H24N2O. The Labute approximate surface area is 104 Å². The molecule has 1 N–H and O–H groups in total. The zero-order chi connectivity index (χ0) is 12.7. The summed E-state index contributed by atoms with van der Waals surface area (Å²) in [6, 6.07) is 2.57. The van der Waals surface area contributed by atoms with Crippen LogP contribution in [-0.4, -0.2) is 24.0 Å². The summed E-state index contributed by atoms with van der Waals surface area (Å²) >= 11 is 0. The van der Waals surface area contributed by atoms with Gasteiger partial charge in [0.05, 0.1) is 12.8 Å². The molecule has 0 fully saturated rings. The van der Waals surface area contributed by atoms with Gasteiger partial charge in [-0.25, -0.2) is 0 Å². The SMILES string of the molecule is C=CCN(Cc1ccoc1CNCC)C(C)C. The Morgan fingerprint density at radius 2 is 2.29 bits per heavy atom. The van der Waals surface area contributed by atoms with Gasteiger partial charge in [0.15, 0.2) is 0 Å². The molecule has 0 atom stereocenters. The van der Waals surface area contributed by atoms with Crippen molar-refractivity contribution in [2.24, 2.45) is 0 Å². The second-order valence-electron chi connectivity index (χ2n) is 4.46. The molecule has 0 radical (unpaired) electrons. The zero-order valence-electron chi connectivity index (χ0n) is 11.2. The van der Waals surface area contributed by atoms with E-state index >= 15 is 0 Å². The van der Waals surface area contributed by atoms with Crippen molar-refractivity contribution in [1.82, 2.24) is 10.2 Å². The molecule has 0 saturated carbocycles. The van der Waals surface area contributed by atoms with Crippen LogP contribution in [0.5, 0.6) is 0 Å². The van der Waals surface area contributed by atoms with E-state index in [4.69, 9.17) is 4.42 Å². The average Bonchev–Trinajstić information content (AvgIpc) is 2.73. The summed E-state index contributed by atoms with van der Waals surface area (Å²) in [6.07, 6.45) is 3.72. The first kappa shape index (κ1) is 14.0. The highest BCUT2D eigenvalue weighted by Gasteiger charge is 2.12. The van der Waals surface area contributed by atoms with Crippen LogP contribution in [-0.2, 0) is 13.1 Å². The molecule has 1 rings (SSSR count). The minimum absolute atomic E-state index is 0.509. The van der Waals surface area contributed by atoms with Crippen LogP contribution in [0.2, 0.25) is 0 Å². The van der Waals surface area contributed by atoms with Gasteiger partial charge in [-0.2, -0.15) is 0 Å². The van der Waals surface area contributed by atoms with Crippen LogP contribution in [0.3, 0.4) is 0 Å². The summed E-state index contributed by atoms with van der Waals surface area (Å²) in [6.45, 7) is 13.9. The lowest BCUT2D eigenvalue weighted by molar-refractivity contribution is 0.235. The van der Waals surface area contributed by atoms with Gasteiger partial charge in [-0.1, -0.05) is 13.0 Å². The molecule has 1 heterocycles. The fraction of sp³-hybridized carbons (Fsp3) is 0.571. The summed E-state index contributed by atoms with van der Waals surface area (Å²) in [5.41, 5.74) is 1.27. The Balaban J connectivity index is 2.64. The minimum atomic E-state index is 0.509. The van der Waals surface area contributed by atoms with Crippen molar-refractivity contribution >= 4 is 0 Å². The number of hydrogen-bond acceptors (Lipinski definition) is 3. The van der Waals surface area contributed by atoms with Crippen LogP contribution in [0.1, 0.15) is 32.1 Å². The summed E-state index contributed by atoms with van der Waals surface area (Å²) in [4.78, 5) is 2.37. The molecule has 17 heavy (non-hydrogen) atoms. The van der Waals surface area contributed by atoms with Gasteiger partial charge in [-0.3, -0.25) is 4.90 Å². The quantitative estimate of drug-likeness (QED) is 0.704. The molecule has 3 nitrogen and oxygen atoms in total. The molecule has 3 heteroatoms. The van der Waals surface area contributed by atoms with Crippen molar-refractivity contribution in [1.29, 1.82) is 0 Å². The lowest BCUT2D eigenvalue weighted by atomic mass is 10.2. The molecule has 0 amide bonds.